The van der Waals surface area contributed by atoms with Gasteiger partial charge in [0, 0.05) is 17.6 Å². The normalized spacial score (nSPS) is 10.9. The van der Waals surface area contributed by atoms with Gasteiger partial charge < -0.3 is 4.90 Å². The van der Waals surface area contributed by atoms with E-state index in [2.05, 4.69) is 51.7 Å². The number of benzene rings is 1. The molecule has 1 aromatic carbocycles. The van der Waals surface area contributed by atoms with Gasteiger partial charge in [0.05, 0.1) is 0 Å². The van der Waals surface area contributed by atoms with E-state index in [4.69, 9.17) is 5.41 Å². The van der Waals surface area contributed by atoms with Gasteiger partial charge in [0.1, 0.15) is 5.84 Å². The molecule has 0 radical (unpaired) electrons. The fraction of sp³-hybridized carbons (Fsp3) is 0.500. The Labute approximate surface area is 98.8 Å². The molecular formula is C14H22N2. The predicted molar refractivity (Wildman–Crippen MR) is 70.1 cm³/mol. The van der Waals surface area contributed by atoms with Gasteiger partial charge >= 0.3 is 0 Å². The Bertz CT molecular complexity index is 342. The Hall–Kier alpha value is -1.31. The second-order valence-corrected chi connectivity index (χ2v) is 4.81. The molecule has 2 nitrogen and oxygen atoms in total. The molecule has 0 aliphatic rings. The Morgan fingerprint density at radius 3 is 1.81 bits per heavy atom. The molecule has 0 atom stereocenters. The molecule has 0 fully saturated rings. The molecule has 2 heteroatoms. The minimum atomic E-state index is 0.355. The molecular weight excluding hydrogens is 196 g/mol. The Kier molecular flexibility index (Phi) is 4.11. The van der Waals surface area contributed by atoms with Crippen molar-refractivity contribution in [3.63, 3.8) is 0 Å². The summed E-state index contributed by atoms with van der Waals surface area (Å²) in [5.74, 6) is 0.616. The van der Waals surface area contributed by atoms with Crippen LogP contribution in [-0.4, -0.2) is 22.8 Å². The zero-order valence-electron chi connectivity index (χ0n) is 10.9. The molecule has 0 bridgehead atoms. The van der Waals surface area contributed by atoms with Crippen LogP contribution in [0.15, 0.2) is 24.3 Å². The zero-order valence-corrected chi connectivity index (χ0v) is 10.9. The van der Waals surface area contributed by atoms with Crippen LogP contribution in [0.25, 0.3) is 0 Å². The Morgan fingerprint density at radius 2 is 1.44 bits per heavy atom. The summed E-state index contributed by atoms with van der Waals surface area (Å²) in [6, 6.07) is 8.87. The van der Waals surface area contributed by atoms with E-state index in [0.29, 0.717) is 17.9 Å². The third-order valence-corrected chi connectivity index (χ3v) is 2.70. The van der Waals surface area contributed by atoms with E-state index in [9.17, 15) is 0 Å². The molecule has 0 saturated heterocycles. The van der Waals surface area contributed by atoms with Crippen molar-refractivity contribution in [2.75, 3.05) is 0 Å². The van der Waals surface area contributed by atoms with Crippen molar-refractivity contribution in [1.29, 1.82) is 5.41 Å². The molecule has 16 heavy (non-hydrogen) atoms. The standard InChI is InChI=1S/C14H22N2/c1-10(2)16(11(3)4)14(15)13-8-6-12(5)7-9-13/h6-11,15H,1-5H3. The summed E-state index contributed by atoms with van der Waals surface area (Å²) >= 11 is 0. The first-order valence-corrected chi connectivity index (χ1v) is 5.87. The lowest BCUT2D eigenvalue weighted by Crippen LogP contribution is -2.42. The fourth-order valence-corrected chi connectivity index (χ4v) is 1.97. The molecule has 0 unspecified atom stereocenters. The quantitative estimate of drug-likeness (QED) is 0.610. The Balaban J connectivity index is 2.95. The van der Waals surface area contributed by atoms with E-state index >= 15 is 0 Å². The van der Waals surface area contributed by atoms with Gasteiger partial charge in [0.25, 0.3) is 0 Å². The second-order valence-electron chi connectivity index (χ2n) is 4.81. The van der Waals surface area contributed by atoms with Crippen LogP contribution < -0.4 is 0 Å². The van der Waals surface area contributed by atoms with Crippen molar-refractivity contribution in [2.45, 2.75) is 46.7 Å². The van der Waals surface area contributed by atoms with Crippen LogP contribution in [0.3, 0.4) is 0 Å². The predicted octanol–water partition coefficient (Wildman–Crippen LogP) is 3.44. The van der Waals surface area contributed by atoms with Crippen LogP contribution in [0, 0.1) is 12.3 Å². The van der Waals surface area contributed by atoms with Crippen LogP contribution in [0.2, 0.25) is 0 Å². The smallest absolute Gasteiger partial charge is 0.128 e. The number of nitrogens with zero attached hydrogens (tertiary/aromatic N) is 1. The van der Waals surface area contributed by atoms with Crippen LogP contribution in [0.5, 0.6) is 0 Å². The molecule has 0 amide bonds. The average molecular weight is 218 g/mol. The van der Waals surface area contributed by atoms with E-state index in [1.807, 2.05) is 12.1 Å². The van der Waals surface area contributed by atoms with E-state index < -0.39 is 0 Å². The second kappa shape index (κ2) is 5.15. The van der Waals surface area contributed by atoms with E-state index in [-0.39, 0.29) is 0 Å². The van der Waals surface area contributed by atoms with Gasteiger partial charge in [-0.25, -0.2) is 0 Å². The summed E-state index contributed by atoms with van der Waals surface area (Å²) in [7, 11) is 0. The lowest BCUT2D eigenvalue weighted by atomic mass is 10.1. The summed E-state index contributed by atoms with van der Waals surface area (Å²) in [5, 5.41) is 8.24. The number of rotatable bonds is 3. The van der Waals surface area contributed by atoms with E-state index in [1.54, 1.807) is 0 Å². The highest BCUT2D eigenvalue weighted by Crippen LogP contribution is 2.12. The summed E-state index contributed by atoms with van der Waals surface area (Å²) in [6.07, 6.45) is 0. The van der Waals surface area contributed by atoms with Crippen molar-refractivity contribution in [1.82, 2.24) is 4.90 Å². The first-order chi connectivity index (χ1) is 7.43. The lowest BCUT2D eigenvalue weighted by molar-refractivity contribution is 0.291. The Morgan fingerprint density at radius 1 is 1.00 bits per heavy atom. The highest BCUT2D eigenvalue weighted by molar-refractivity contribution is 5.96. The zero-order chi connectivity index (χ0) is 12.3. The lowest BCUT2D eigenvalue weighted by Gasteiger charge is -2.33. The van der Waals surface area contributed by atoms with Crippen LogP contribution in [-0.2, 0) is 0 Å². The van der Waals surface area contributed by atoms with Crippen LogP contribution in [0.4, 0.5) is 0 Å². The number of nitrogens with one attached hydrogen (secondary N) is 1. The SMILES string of the molecule is Cc1ccc(C(=N)N(C(C)C)C(C)C)cc1. The minimum absolute atomic E-state index is 0.355. The summed E-state index contributed by atoms with van der Waals surface area (Å²) < 4.78 is 0. The van der Waals surface area contributed by atoms with Crippen molar-refractivity contribution in [3.8, 4) is 0 Å². The number of aryl methyl sites for hydroxylation is 1. The molecule has 0 aromatic heterocycles. The van der Waals surface area contributed by atoms with Crippen molar-refractivity contribution < 1.29 is 0 Å². The summed E-state index contributed by atoms with van der Waals surface area (Å²) in [6.45, 7) is 10.6. The molecule has 1 rings (SSSR count). The maximum absolute atomic E-state index is 8.24. The van der Waals surface area contributed by atoms with Crippen molar-refractivity contribution in [2.24, 2.45) is 0 Å². The highest BCUT2D eigenvalue weighted by Gasteiger charge is 2.17. The van der Waals surface area contributed by atoms with Crippen LogP contribution >= 0.6 is 0 Å². The maximum atomic E-state index is 8.24. The van der Waals surface area contributed by atoms with Gasteiger partial charge in [0.15, 0.2) is 0 Å². The molecule has 0 saturated carbocycles. The van der Waals surface area contributed by atoms with Gasteiger partial charge in [-0.05, 0) is 34.6 Å². The number of amidine groups is 1. The summed E-state index contributed by atoms with van der Waals surface area (Å²) in [5.41, 5.74) is 2.23. The molecule has 0 heterocycles. The monoisotopic (exact) mass is 218 g/mol. The molecule has 1 aromatic rings. The third kappa shape index (κ3) is 2.84. The topological polar surface area (TPSA) is 27.1 Å². The maximum Gasteiger partial charge on any atom is 0.128 e. The van der Waals surface area contributed by atoms with Crippen LogP contribution in [0.1, 0.15) is 38.8 Å². The number of hydrogen-bond acceptors (Lipinski definition) is 1. The van der Waals surface area contributed by atoms with Gasteiger partial charge in [-0.2, -0.15) is 0 Å². The molecule has 1 N–H and O–H groups in total. The first-order valence-electron chi connectivity index (χ1n) is 5.87. The van der Waals surface area contributed by atoms with Gasteiger partial charge in [-0.1, -0.05) is 29.8 Å². The highest BCUT2D eigenvalue weighted by atomic mass is 15.2. The average Bonchev–Trinajstić information content (AvgIpc) is 2.17. The van der Waals surface area contributed by atoms with E-state index in [1.165, 1.54) is 5.56 Å². The molecule has 88 valence electrons. The van der Waals surface area contributed by atoms with Crippen molar-refractivity contribution >= 4 is 5.84 Å². The molecule has 0 aliphatic heterocycles. The molecule has 0 spiro atoms. The van der Waals surface area contributed by atoms with Gasteiger partial charge in [-0.15, -0.1) is 0 Å². The minimum Gasteiger partial charge on any atom is -0.352 e. The molecule has 0 aliphatic carbocycles. The fourth-order valence-electron chi connectivity index (χ4n) is 1.97. The number of hydrogen-bond donors (Lipinski definition) is 1. The van der Waals surface area contributed by atoms with Crippen molar-refractivity contribution in [3.05, 3.63) is 35.4 Å². The largest absolute Gasteiger partial charge is 0.352 e. The summed E-state index contributed by atoms with van der Waals surface area (Å²) in [4.78, 5) is 2.13. The van der Waals surface area contributed by atoms with E-state index in [0.717, 1.165) is 5.56 Å². The van der Waals surface area contributed by atoms with Gasteiger partial charge in [-0.3, -0.25) is 5.41 Å². The first kappa shape index (κ1) is 12.8. The third-order valence-electron chi connectivity index (χ3n) is 2.70. The van der Waals surface area contributed by atoms with Gasteiger partial charge in [0.2, 0.25) is 0 Å².